The lowest BCUT2D eigenvalue weighted by atomic mass is 10.0. The van der Waals surface area contributed by atoms with E-state index in [2.05, 4.69) is 6.07 Å². The fourth-order valence-electron chi connectivity index (χ4n) is 4.04. The molecule has 1 aliphatic carbocycles. The number of methoxy groups -OCH3 is 1. The Labute approximate surface area is 159 Å². The molecule has 2 amide bonds. The number of carbonyl (C=O) groups excluding carboxylic acids is 2. The molecule has 1 saturated heterocycles. The maximum atomic E-state index is 13.0. The van der Waals surface area contributed by atoms with Crippen LogP contribution in [0.2, 0.25) is 0 Å². The largest absolute Gasteiger partial charge is 0.497 e. The van der Waals surface area contributed by atoms with E-state index in [0.717, 1.165) is 30.7 Å². The molecule has 5 nitrogen and oxygen atoms in total. The van der Waals surface area contributed by atoms with Crippen LogP contribution in [0.4, 0.5) is 5.69 Å². The molecule has 0 saturated carbocycles. The summed E-state index contributed by atoms with van der Waals surface area (Å²) in [6.45, 7) is 2.82. The number of hydrogen-bond acceptors (Lipinski definition) is 3. The molecule has 0 spiro atoms. The highest BCUT2D eigenvalue weighted by Crippen LogP contribution is 2.26. The molecule has 0 bridgehead atoms. The maximum absolute atomic E-state index is 13.0. The van der Waals surface area contributed by atoms with Gasteiger partial charge in [-0.3, -0.25) is 9.59 Å². The Morgan fingerprint density at radius 2 is 1.78 bits per heavy atom. The molecule has 4 rings (SSSR count). The minimum atomic E-state index is -0.485. The predicted octanol–water partition coefficient (Wildman–Crippen LogP) is 3.06. The van der Waals surface area contributed by atoms with Crippen LogP contribution in [-0.4, -0.2) is 43.0 Å². The maximum Gasteiger partial charge on any atom is 0.254 e. The van der Waals surface area contributed by atoms with E-state index < -0.39 is 6.04 Å². The highest BCUT2D eigenvalue weighted by atomic mass is 16.5. The van der Waals surface area contributed by atoms with Crippen molar-refractivity contribution in [2.24, 2.45) is 0 Å². The van der Waals surface area contributed by atoms with Crippen LogP contribution in [0.3, 0.4) is 0 Å². The zero-order chi connectivity index (χ0) is 19.0. The van der Waals surface area contributed by atoms with Crippen molar-refractivity contribution in [1.29, 1.82) is 0 Å². The molecule has 1 fully saturated rings. The van der Waals surface area contributed by atoms with E-state index >= 15 is 0 Å². The molecule has 5 heteroatoms. The summed E-state index contributed by atoms with van der Waals surface area (Å²) >= 11 is 0. The standard InChI is InChI=1S/C22H24N2O3/c1-15-21(25)24(19-8-10-20(27-2)11-9-19)13-12-23(15)22(26)18-7-6-16-4-3-5-17(16)14-18/h6-11,14-15H,3-5,12-13H2,1-2H3/t15-/m1/s1. The Hall–Kier alpha value is -2.82. The highest BCUT2D eigenvalue weighted by Gasteiger charge is 2.35. The van der Waals surface area contributed by atoms with Gasteiger partial charge in [-0.05, 0) is 73.7 Å². The third-order valence-electron chi connectivity index (χ3n) is 5.65. The summed E-state index contributed by atoms with van der Waals surface area (Å²) in [5.41, 5.74) is 4.14. The van der Waals surface area contributed by atoms with Gasteiger partial charge in [0, 0.05) is 24.3 Å². The number of nitrogens with zero attached hydrogens (tertiary/aromatic N) is 2. The van der Waals surface area contributed by atoms with Crippen molar-refractivity contribution in [1.82, 2.24) is 4.90 Å². The predicted molar refractivity (Wildman–Crippen MR) is 104 cm³/mol. The first-order valence-electron chi connectivity index (χ1n) is 9.46. The number of piperazine rings is 1. The molecule has 1 atom stereocenters. The first-order chi connectivity index (χ1) is 13.1. The van der Waals surface area contributed by atoms with Crippen molar-refractivity contribution in [2.45, 2.75) is 32.2 Å². The molecule has 27 heavy (non-hydrogen) atoms. The summed E-state index contributed by atoms with van der Waals surface area (Å²) in [5, 5.41) is 0. The average molecular weight is 364 g/mol. The lowest BCUT2D eigenvalue weighted by molar-refractivity contribution is -0.124. The lowest BCUT2D eigenvalue weighted by Crippen LogP contribution is -2.57. The Kier molecular flexibility index (Phi) is 4.60. The topological polar surface area (TPSA) is 49.9 Å². The van der Waals surface area contributed by atoms with Crippen LogP contribution in [0.1, 0.15) is 34.8 Å². The second kappa shape index (κ2) is 7.06. The van der Waals surface area contributed by atoms with E-state index in [4.69, 9.17) is 4.74 Å². The van der Waals surface area contributed by atoms with Crippen molar-refractivity contribution < 1.29 is 14.3 Å². The zero-order valence-corrected chi connectivity index (χ0v) is 15.8. The second-order valence-electron chi connectivity index (χ2n) is 7.20. The van der Waals surface area contributed by atoms with E-state index in [-0.39, 0.29) is 11.8 Å². The minimum Gasteiger partial charge on any atom is -0.497 e. The Balaban J connectivity index is 1.51. The van der Waals surface area contributed by atoms with Crippen LogP contribution in [0.5, 0.6) is 5.75 Å². The molecule has 1 aliphatic heterocycles. The van der Waals surface area contributed by atoms with Crippen LogP contribution in [0, 0.1) is 0 Å². The first-order valence-corrected chi connectivity index (χ1v) is 9.46. The van der Waals surface area contributed by atoms with E-state index in [1.165, 1.54) is 11.1 Å². The van der Waals surface area contributed by atoms with Gasteiger partial charge in [0.2, 0.25) is 5.91 Å². The number of benzene rings is 2. The Bertz CT molecular complexity index is 876. The van der Waals surface area contributed by atoms with Gasteiger partial charge >= 0.3 is 0 Å². The Morgan fingerprint density at radius 3 is 2.52 bits per heavy atom. The number of anilines is 1. The molecule has 2 aromatic carbocycles. The van der Waals surface area contributed by atoms with E-state index in [1.807, 2.05) is 43.3 Å². The van der Waals surface area contributed by atoms with Gasteiger partial charge in [0.1, 0.15) is 11.8 Å². The molecule has 0 N–H and O–H groups in total. The van der Waals surface area contributed by atoms with Gasteiger partial charge in [-0.1, -0.05) is 6.07 Å². The molecule has 0 unspecified atom stereocenters. The zero-order valence-electron chi connectivity index (χ0n) is 15.8. The molecule has 2 aliphatic rings. The van der Waals surface area contributed by atoms with E-state index in [0.29, 0.717) is 18.7 Å². The molecule has 140 valence electrons. The van der Waals surface area contributed by atoms with E-state index in [1.54, 1.807) is 16.9 Å². The molecular formula is C22H24N2O3. The van der Waals surface area contributed by atoms with Crippen molar-refractivity contribution in [2.75, 3.05) is 25.1 Å². The van der Waals surface area contributed by atoms with Crippen molar-refractivity contribution in [3.05, 3.63) is 59.2 Å². The molecule has 2 aromatic rings. The first kappa shape index (κ1) is 17.6. The SMILES string of the molecule is COc1ccc(N2CCN(C(=O)c3ccc4c(c3)CCC4)[C@H](C)C2=O)cc1. The number of amides is 2. The summed E-state index contributed by atoms with van der Waals surface area (Å²) in [6.07, 6.45) is 3.29. The summed E-state index contributed by atoms with van der Waals surface area (Å²) in [7, 11) is 1.62. The van der Waals surface area contributed by atoms with Crippen LogP contribution in [-0.2, 0) is 17.6 Å². The van der Waals surface area contributed by atoms with Gasteiger partial charge < -0.3 is 14.5 Å². The van der Waals surface area contributed by atoms with Gasteiger partial charge in [0.15, 0.2) is 0 Å². The van der Waals surface area contributed by atoms with Gasteiger partial charge in [-0.2, -0.15) is 0 Å². The number of carbonyl (C=O) groups is 2. The number of hydrogen-bond donors (Lipinski definition) is 0. The molecule has 0 radical (unpaired) electrons. The Morgan fingerprint density at radius 1 is 1.04 bits per heavy atom. The van der Waals surface area contributed by atoms with Crippen LogP contribution in [0.15, 0.2) is 42.5 Å². The van der Waals surface area contributed by atoms with Crippen molar-refractivity contribution in [3.63, 3.8) is 0 Å². The highest BCUT2D eigenvalue weighted by molar-refractivity contribution is 6.03. The van der Waals surface area contributed by atoms with Crippen molar-refractivity contribution in [3.8, 4) is 5.75 Å². The fraction of sp³-hybridized carbons (Fsp3) is 0.364. The van der Waals surface area contributed by atoms with Gasteiger partial charge in [0.25, 0.3) is 5.91 Å². The van der Waals surface area contributed by atoms with Gasteiger partial charge in [-0.15, -0.1) is 0 Å². The number of rotatable bonds is 3. The van der Waals surface area contributed by atoms with Gasteiger partial charge in [0.05, 0.1) is 7.11 Å². The summed E-state index contributed by atoms with van der Waals surface area (Å²) < 4.78 is 5.18. The number of ether oxygens (including phenoxy) is 1. The third kappa shape index (κ3) is 3.18. The average Bonchev–Trinajstić information content (AvgIpc) is 3.17. The number of fused-ring (bicyclic) bond motifs is 1. The number of aryl methyl sites for hydroxylation is 2. The smallest absolute Gasteiger partial charge is 0.254 e. The summed E-state index contributed by atoms with van der Waals surface area (Å²) in [5.74, 6) is 0.644. The summed E-state index contributed by atoms with van der Waals surface area (Å²) in [4.78, 5) is 29.4. The quantitative estimate of drug-likeness (QED) is 0.841. The van der Waals surface area contributed by atoms with Crippen molar-refractivity contribution >= 4 is 17.5 Å². The molecule has 1 heterocycles. The van der Waals surface area contributed by atoms with E-state index in [9.17, 15) is 9.59 Å². The van der Waals surface area contributed by atoms with Gasteiger partial charge in [-0.25, -0.2) is 0 Å². The minimum absolute atomic E-state index is 0.0547. The second-order valence-corrected chi connectivity index (χ2v) is 7.20. The van der Waals surface area contributed by atoms with Crippen LogP contribution in [0.25, 0.3) is 0 Å². The molecular weight excluding hydrogens is 340 g/mol. The van der Waals surface area contributed by atoms with Crippen LogP contribution >= 0.6 is 0 Å². The normalized spacial score (nSPS) is 19.2. The molecule has 0 aromatic heterocycles. The fourth-order valence-corrected chi connectivity index (χ4v) is 4.04. The monoisotopic (exact) mass is 364 g/mol. The third-order valence-corrected chi connectivity index (χ3v) is 5.65. The lowest BCUT2D eigenvalue weighted by Gasteiger charge is -2.39. The summed E-state index contributed by atoms with van der Waals surface area (Å²) in [6, 6.07) is 12.9. The van der Waals surface area contributed by atoms with Crippen LogP contribution < -0.4 is 9.64 Å².